The molecule has 2 rings (SSSR count). The van der Waals surface area contributed by atoms with Crippen LogP contribution in [0.25, 0.3) is 0 Å². The minimum absolute atomic E-state index is 0.0362. The second-order valence-electron chi connectivity index (χ2n) is 5.93. The van der Waals surface area contributed by atoms with Gasteiger partial charge in [-0.3, -0.25) is 20.1 Å². The van der Waals surface area contributed by atoms with Crippen LogP contribution < -0.4 is 10.8 Å². The zero-order valence-corrected chi connectivity index (χ0v) is 15.0. The van der Waals surface area contributed by atoms with Crippen molar-refractivity contribution in [1.29, 1.82) is 0 Å². The Morgan fingerprint density at radius 3 is 2.29 bits per heavy atom. The fourth-order valence-electron chi connectivity index (χ4n) is 2.42. The van der Waals surface area contributed by atoms with E-state index in [1.54, 1.807) is 49.4 Å². The molecule has 0 saturated heterocycles. The molecule has 2 aromatic rings. The van der Waals surface area contributed by atoms with Gasteiger partial charge in [0.05, 0.1) is 0 Å². The SMILES string of the molecule is C[C@H](/C=C/C(=O)NO)[C@H](OC(=O)NC(=O)c1ccccc1)c1ccc(O)cc1. The van der Waals surface area contributed by atoms with Crippen LogP contribution in [-0.4, -0.2) is 28.2 Å². The van der Waals surface area contributed by atoms with Crippen molar-refractivity contribution in [1.82, 2.24) is 10.8 Å². The number of amides is 3. The third-order valence-electron chi connectivity index (χ3n) is 3.85. The fourth-order valence-corrected chi connectivity index (χ4v) is 2.42. The molecule has 0 unspecified atom stereocenters. The van der Waals surface area contributed by atoms with Gasteiger partial charge < -0.3 is 9.84 Å². The Balaban J connectivity index is 2.15. The predicted octanol–water partition coefficient (Wildman–Crippen LogP) is 2.70. The van der Waals surface area contributed by atoms with E-state index in [0.29, 0.717) is 11.1 Å². The van der Waals surface area contributed by atoms with Crippen molar-refractivity contribution in [3.63, 3.8) is 0 Å². The number of benzene rings is 2. The Bertz CT molecular complexity index is 849. The van der Waals surface area contributed by atoms with Crippen molar-refractivity contribution in [2.24, 2.45) is 5.92 Å². The number of aromatic hydroxyl groups is 1. The maximum absolute atomic E-state index is 12.2. The number of phenols is 1. The maximum atomic E-state index is 12.2. The molecule has 0 bridgehead atoms. The van der Waals surface area contributed by atoms with Crippen molar-refractivity contribution >= 4 is 17.9 Å². The Kier molecular flexibility index (Phi) is 7.29. The highest BCUT2D eigenvalue weighted by Gasteiger charge is 2.23. The minimum Gasteiger partial charge on any atom is -0.508 e. The first-order valence-electron chi connectivity index (χ1n) is 8.39. The minimum atomic E-state index is -0.959. The zero-order valence-electron chi connectivity index (χ0n) is 15.0. The van der Waals surface area contributed by atoms with E-state index < -0.39 is 29.9 Å². The van der Waals surface area contributed by atoms with Gasteiger partial charge in [0.15, 0.2) is 0 Å². The molecular weight excluding hydrogens is 364 g/mol. The highest BCUT2D eigenvalue weighted by molar-refractivity contribution is 6.02. The highest BCUT2D eigenvalue weighted by atomic mass is 16.6. The summed E-state index contributed by atoms with van der Waals surface area (Å²) in [6.07, 6.45) is 0.717. The molecule has 0 aliphatic heterocycles. The van der Waals surface area contributed by atoms with E-state index in [-0.39, 0.29) is 5.75 Å². The number of phenolic OH excluding ortho intramolecular Hbond substituents is 1. The van der Waals surface area contributed by atoms with E-state index in [0.717, 1.165) is 6.08 Å². The third kappa shape index (κ3) is 5.96. The van der Waals surface area contributed by atoms with Crippen molar-refractivity contribution in [2.45, 2.75) is 13.0 Å². The highest BCUT2D eigenvalue weighted by Crippen LogP contribution is 2.28. The number of hydrogen-bond acceptors (Lipinski definition) is 6. The average Bonchev–Trinajstić information content (AvgIpc) is 2.71. The summed E-state index contributed by atoms with van der Waals surface area (Å²) in [6, 6.07) is 14.2. The van der Waals surface area contributed by atoms with Crippen LogP contribution in [0, 0.1) is 5.92 Å². The third-order valence-corrected chi connectivity index (χ3v) is 3.85. The van der Waals surface area contributed by atoms with E-state index in [1.807, 2.05) is 0 Å². The normalized spacial score (nSPS) is 12.8. The van der Waals surface area contributed by atoms with Crippen LogP contribution in [0.2, 0.25) is 0 Å². The van der Waals surface area contributed by atoms with E-state index in [1.165, 1.54) is 23.7 Å². The van der Waals surface area contributed by atoms with Gasteiger partial charge in [-0.1, -0.05) is 43.3 Å². The molecule has 0 fully saturated rings. The van der Waals surface area contributed by atoms with Gasteiger partial charge in [0.1, 0.15) is 11.9 Å². The van der Waals surface area contributed by atoms with Crippen molar-refractivity contribution < 1.29 is 29.4 Å². The molecule has 3 amide bonds. The number of alkyl carbamates (subject to hydrolysis) is 1. The van der Waals surface area contributed by atoms with Crippen LogP contribution in [-0.2, 0) is 9.53 Å². The van der Waals surface area contributed by atoms with E-state index in [4.69, 9.17) is 9.94 Å². The van der Waals surface area contributed by atoms with Crippen molar-refractivity contribution in [2.75, 3.05) is 0 Å². The first-order valence-corrected chi connectivity index (χ1v) is 8.39. The molecule has 2 aromatic carbocycles. The molecule has 8 nitrogen and oxygen atoms in total. The molecule has 0 heterocycles. The van der Waals surface area contributed by atoms with E-state index in [9.17, 15) is 19.5 Å². The van der Waals surface area contributed by atoms with Crippen LogP contribution in [0.4, 0.5) is 4.79 Å². The zero-order chi connectivity index (χ0) is 20.5. The van der Waals surface area contributed by atoms with Gasteiger partial charge >= 0.3 is 6.09 Å². The summed E-state index contributed by atoms with van der Waals surface area (Å²) >= 11 is 0. The molecule has 2 atom stereocenters. The van der Waals surface area contributed by atoms with E-state index >= 15 is 0 Å². The summed E-state index contributed by atoms with van der Waals surface area (Å²) < 4.78 is 5.40. The molecule has 146 valence electrons. The lowest BCUT2D eigenvalue weighted by Crippen LogP contribution is -2.33. The fraction of sp³-hybridized carbons (Fsp3) is 0.150. The van der Waals surface area contributed by atoms with Gasteiger partial charge in [0, 0.05) is 17.6 Å². The van der Waals surface area contributed by atoms with Gasteiger partial charge in [-0.2, -0.15) is 0 Å². The molecule has 0 aromatic heterocycles. The van der Waals surface area contributed by atoms with Crippen molar-refractivity contribution in [3.05, 3.63) is 77.9 Å². The van der Waals surface area contributed by atoms with Crippen molar-refractivity contribution in [3.8, 4) is 5.75 Å². The lowest BCUT2D eigenvalue weighted by Gasteiger charge is -2.22. The first-order chi connectivity index (χ1) is 13.4. The number of carbonyl (C=O) groups excluding carboxylic acids is 3. The average molecular weight is 384 g/mol. The summed E-state index contributed by atoms with van der Waals surface area (Å²) in [7, 11) is 0. The van der Waals surface area contributed by atoms with Crippen LogP contribution in [0.3, 0.4) is 0 Å². The van der Waals surface area contributed by atoms with Gasteiger partial charge in [-0.05, 0) is 29.8 Å². The van der Waals surface area contributed by atoms with Gasteiger partial charge in [-0.15, -0.1) is 0 Å². The van der Waals surface area contributed by atoms with Crippen LogP contribution >= 0.6 is 0 Å². The summed E-state index contributed by atoms with van der Waals surface area (Å²) in [5.41, 5.74) is 2.31. The smallest absolute Gasteiger partial charge is 0.414 e. The number of nitrogens with one attached hydrogen (secondary N) is 2. The molecule has 8 heteroatoms. The number of hydrogen-bond donors (Lipinski definition) is 4. The quantitative estimate of drug-likeness (QED) is 0.345. The topological polar surface area (TPSA) is 125 Å². The lowest BCUT2D eigenvalue weighted by atomic mass is 9.96. The molecule has 0 spiro atoms. The largest absolute Gasteiger partial charge is 0.508 e. The second kappa shape index (κ2) is 9.89. The standard InChI is InChI=1S/C20H20N2O6/c1-13(7-12-17(24)22-27)18(14-8-10-16(23)11-9-14)28-20(26)21-19(25)15-5-3-2-4-6-15/h2-13,18,23,27H,1H3,(H,22,24)(H,21,25,26)/b12-7+/t13-,18+/m1/s1. The summed E-state index contributed by atoms with van der Waals surface area (Å²) in [5.74, 6) is -1.80. The summed E-state index contributed by atoms with van der Waals surface area (Å²) in [6.45, 7) is 1.69. The number of carbonyl (C=O) groups is 3. The number of imide groups is 1. The molecule has 0 aliphatic carbocycles. The summed E-state index contributed by atoms with van der Waals surface area (Å²) in [4.78, 5) is 35.5. The molecule has 4 N–H and O–H groups in total. The summed E-state index contributed by atoms with van der Waals surface area (Å²) in [5, 5.41) is 20.2. The molecule has 28 heavy (non-hydrogen) atoms. The Morgan fingerprint density at radius 1 is 1.04 bits per heavy atom. The number of hydroxylamine groups is 1. The van der Waals surface area contributed by atoms with Gasteiger partial charge in [-0.25, -0.2) is 10.3 Å². The van der Waals surface area contributed by atoms with Crippen LogP contribution in [0.15, 0.2) is 66.7 Å². The molecular formula is C20H20N2O6. The lowest BCUT2D eigenvalue weighted by molar-refractivity contribution is -0.124. The van der Waals surface area contributed by atoms with Crippen LogP contribution in [0.1, 0.15) is 28.9 Å². The van der Waals surface area contributed by atoms with E-state index in [2.05, 4.69) is 5.32 Å². The van der Waals surface area contributed by atoms with Gasteiger partial charge in [0.2, 0.25) is 0 Å². The first kappa shape index (κ1) is 20.7. The van der Waals surface area contributed by atoms with Crippen LogP contribution in [0.5, 0.6) is 5.75 Å². The van der Waals surface area contributed by atoms with Gasteiger partial charge in [0.25, 0.3) is 11.8 Å². The monoisotopic (exact) mass is 384 g/mol. The Morgan fingerprint density at radius 2 is 1.68 bits per heavy atom. The second-order valence-corrected chi connectivity index (χ2v) is 5.93. The number of ether oxygens (including phenoxy) is 1. The Hall–Kier alpha value is -3.65. The predicted molar refractivity (Wildman–Crippen MR) is 99.5 cm³/mol. The molecule has 0 aliphatic rings. The number of rotatable bonds is 6. The Labute approximate surface area is 161 Å². The molecule has 0 radical (unpaired) electrons. The molecule has 0 saturated carbocycles. The maximum Gasteiger partial charge on any atom is 0.414 e.